The van der Waals surface area contributed by atoms with Crippen LogP contribution < -0.4 is 5.73 Å². The molecule has 2 heterocycles. The third kappa shape index (κ3) is 2.71. The molecule has 0 spiro atoms. The molecule has 0 aromatic carbocycles. The van der Waals surface area contributed by atoms with Crippen molar-refractivity contribution in [3.8, 4) is 0 Å². The molecule has 1 saturated heterocycles. The standard InChI is InChI=1S/C12H20N4O3/c1-12(2)7-16(5-8(6-17)19-12)11(18)10-9(13)4-14-15(10)3/h4,8,17H,5-7,13H2,1-3H3. The number of nitrogens with zero attached hydrogens (tertiary/aromatic N) is 3. The molecule has 1 aliphatic rings. The average Bonchev–Trinajstić information content (AvgIpc) is 2.66. The van der Waals surface area contributed by atoms with Crippen LogP contribution >= 0.6 is 0 Å². The first kappa shape index (κ1) is 13.8. The van der Waals surface area contributed by atoms with Gasteiger partial charge in [0.15, 0.2) is 0 Å². The number of carbonyl (C=O) groups excluding carboxylic acids is 1. The van der Waals surface area contributed by atoms with E-state index in [0.29, 0.717) is 24.5 Å². The van der Waals surface area contributed by atoms with E-state index in [1.54, 1.807) is 11.9 Å². The Balaban J connectivity index is 2.24. The SMILES string of the molecule is Cn1ncc(N)c1C(=O)N1CC(CO)OC(C)(C)C1. The third-order valence-electron chi connectivity index (χ3n) is 3.14. The number of morpholine rings is 1. The Bertz CT molecular complexity index is 464. The largest absolute Gasteiger partial charge is 0.396 e. The second kappa shape index (κ2) is 4.82. The fourth-order valence-electron chi connectivity index (χ4n) is 2.41. The molecule has 1 aliphatic heterocycles. The number of hydrogen-bond donors (Lipinski definition) is 2. The van der Waals surface area contributed by atoms with Crippen LogP contribution in [0.1, 0.15) is 24.3 Å². The number of rotatable bonds is 2. The first-order chi connectivity index (χ1) is 8.84. The highest BCUT2D eigenvalue weighted by Crippen LogP contribution is 2.23. The first-order valence-corrected chi connectivity index (χ1v) is 6.19. The van der Waals surface area contributed by atoms with Crippen LogP contribution in [0.2, 0.25) is 0 Å². The van der Waals surface area contributed by atoms with E-state index in [4.69, 9.17) is 10.5 Å². The summed E-state index contributed by atoms with van der Waals surface area (Å²) in [6.07, 6.45) is 1.09. The van der Waals surface area contributed by atoms with E-state index in [0.717, 1.165) is 0 Å². The maximum atomic E-state index is 12.5. The van der Waals surface area contributed by atoms with Crippen molar-refractivity contribution in [1.82, 2.24) is 14.7 Å². The van der Waals surface area contributed by atoms with Crippen LogP contribution in [0.4, 0.5) is 5.69 Å². The van der Waals surface area contributed by atoms with Gasteiger partial charge in [-0.1, -0.05) is 0 Å². The Labute approximate surface area is 111 Å². The second-order valence-electron chi connectivity index (χ2n) is 5.44. The number of aryl methyl sites for hydroxylation is 1. The number of aromatic nitrogens is 2. The Morgan fingerprint density at radius 3 is 2.89 bits per heavy atom. The molecule has 106 valence electrons. The third-order valence-corrected chi connectivity index (χ3v) is 3.14. The number of hydrogen-bond acceptors (Lipinski definition) is 5. The molecule has 7 heteroatoms. The molecule has 7 nitrogen and oxygen atoms in total. The van der Waals surface area contributed by atoms with Crippen LogP contribution in [0, 0.1) is 0 Å². The maximum absolute atomic E-state index is 12.5. The fourth-order valence-corrected chi connectivity index (χ4v) is 2.41. The quantitative estimate of drug-likeness (QED) is 0.762. The summed E-state index contributed by atoms with van der Waals surface area (Å²) < 4.78 is 7.15. The van der Waals surface area contributed by atoms with Crippen LogP contribution in [0.5, 0.6) is 0 Å². The van der Waals surface area contributed by atoms with Gasteiger partial charge in [0.1, 0.15) is 5.69 Å². The van der Waals surface area contributed by atoms with E-state index in [1.807, 2.05) is 13.8 Å². The van der Waals surface area contributed by atoms with Gasteiger partial charge in [-0.05, 0) is 13.8 Å². The van der Waals surface area contributed by atoms with Gasteiger partial charge in [-0.25, -0.2) is 0 Å². The molecule has 3 N–H and O–H groups in total. The van der Waals surface area contributed by atoms with E-state index in [-0.39, 0.29) is 18.6 Å². The Hall–Kier alpha value is -1.60. The van der Waals surface area contributed by atoms with Crippen LogP contribution in [-0.4, -0.2) is 57.1 Å². The van der Waals surface area contributed by atoms with Crippen LogP contribution in [0.15, 0.2) is 6.20 Å². The van der Waals surface area contributed by atoms with Gasteiger partial charge in [0.05, 0.1) is 30.2 Å². The highest BCUT2D eigenvalue weighted by molar-refractivity contribution is 5.97. The highest BCUT2D eigenvalue weighted by atomic mass is 16.5. The summed E-state index contributed by atoms with van der Waals surface area (Å²) in [6.45, 7) is 4.47. The van der Waals surface area contributed by atoms with Gasteiger partial charge in [0.2, 0.25) is 0 Å². The van der Waals surface area contributed by atoms with E-state index in [2.05, 4.69) is 5.10 Å². The Kier molecular flexibility index (Phi) is 3.51. The summed E-state index contributed by atoms with van der Waals surface area (Å²) in [5.74, 6) is -0.188. The number of amides is 1. The predicted molar refractivity (Wildman–Crippen MR) is 69.6 cm³/mol. The van der Waals surface area contributed by atoms with E-state index >= 15 is 0 Å². The molecule has 19 heavy (non-hydrogen) atoms. The van der Waals surface area contributed by atoms with Crippen molar-refractivity contribution in [1.29, 1.82) is 0 Å². The number of carbonyl (C=O) groups is 1. The number of nitrogen functional groups attached to an aromatic ring is 1. The van der Waals surface area contributed by atoms with Gasteiger partial charge >= 0.3 is 0 Å². The Morgan fingerprint density at radius 1 is 1.68 bits per heavy atom. The van der Waals surface area contributed by atoms with Crippen molar-refractivity contribution < 1.29 is 14.6 Å². The van der Waals surface area contributed by atoms with Crippen molar-refractivity contribution in [2.24, 2.45) is 7.05 Å². The topological polar surface area (TPSA) is 93.6 Å². The zero-order valence-electron chi connectivity index (χ0n) is 11.5. The van der Waals surface area contributed by atoms with Gasteiger partial charge < -0.3 is 20.5 Å². The highest BCUT2D eigenvalue weighted by Gasteiger charge is 2.36. The fraction of sp³-hybridized carbons (Fsp3) is 0.667. The number of aliphatic hydroxyl groups is 1. The molecular formula is C12H20N4O3. The number of anilines is 1. The summed E-state index contributed by atoms with van der Waals surface area (Å²) in [7, 11) is 1.68. The van der Waals surface area contributed by atoms with Crippen LogP contribution in [0.25, 0.3) is 0 Å². The van der Waals surface area contributed by atoms with Crippen molar-refractivity contribution >= 4 is 11.6 Å². The molecule has 1 amide bonds. The van der Waals surface area contributed by atoms with Crippen LogP contribution in [-0.2, 0) is 11.8 Å². The van der Waals surface area contributed by atoms with E-state index in [1.165, 1.54) is 10.9 Å². The summed E-state index contributed by atoms with van der Waals surface area (Å²) in [6, 6.07) is 0. The molecule has 2 rings (SSSR count). The number of ether oxygens (including phenoxy) is 1. The lowest BCUT2D eigenvalue weighted by Gasteiger charge is -2.42. The van der Waals surface area contributed by atoms with E-state index < -0.39 is 5.60 Å². The minimum absolute atomic E-state index is 0.117. The molecule has 1 aromatic rings. The predicted octanol–water partition coefficient (Wildman–Crippen LogP) is -0.386. The minimum Gasteiger partial charge on any atom is -0.396 e. The van der Waals surface area contributed by atoms with Gasteiger partial charge in [0, 0.05) is 20.1 Å². The zero-order chi connectivity index (χ0) is 14.2. The van der Waals surface area contributed by atoms with Gasteiger partial charge in [-0.2, -0.15) is 5.10 Å². The van der Waals surface area contributed by atoms with Crippen molar-refractivity contribution in [2.75, 3.05) is 25.4 Å². The lowest BCUT2D eigenvalue weighted by Crippen LogP contribution is -2.55. The normalized spacial score (nSPS) is 22.5. The summed E-state index contributed by atoms with van der Waals surface area (Å²) in [4.78, 5) is 14.2. The maximum Gasteiger partial charge on any atom is 0.274 e. The summed E-state index contributed by atoms with van der Waals surface area (Å²) in [5.41, 5.74) is 6.01. The number of aliphatic hydroxyl groups excluding tert-OH is 1. The van der Waals surface area contributed by atoms with Gasteiger partial charge in [-0.3, -0.25) is 9.48 Å². The Morgan fingerprint density at radius 2 is 2.37 bits per heavy atom. The smallest absolute Gasteiger partial charge is 0.274 e. The molecule has 1 aromatic heterocycles. The van der Waals surface area contributed by atoms with Crippen molar-refractivity contribution in [3.05, 3.63) is 11.9 Å². The first-order valence-electron chi connectivity index (χ1n) is 6.19. The molecule has 0 bridgehead atoms. The minimum atomic E-state index is -0.491. The average molecular weight is 268 g/mol. The van der Waals surface area contributed by atoms with Crippen molar-refractivity contribution in [3.63, 3.8) is 0 Å². The number of nitrogens with two attached hydrogens (primary N) is 1. The zero-order valence-corrected chi connectivity index (χ0v) is 11.5. The molecule has 1 fully saturated rings. The molecule has 0 saturated carbocycles. The molecular weight excluding hydrogens is 248 g/mol. The summed E-state index contributed by atoms with van der Waals surface area (Å²) in [5, 5.41) is 13.2. The molecule has 0 aliphatic carbocycles. The monoisotopic (exact) mass is 268 g/mol. The van der Waals surface area contributed by atoms with Crippen LogP contribution in [0.3, 0.4) is 0 Å². The van der Waals surface area contributed by atoms with E-state index in [9.17, 15) is 9.90 Å². The van der Waals surface area contributed by atoms with Gasteiger partial charge in [0.25, 0.3) is 5.91 Å². The molecule has 1 atom stereocenters. The lowest BCUT2D eigenvalue weighted by molar-refractivity contribution is -0.139. The lowest BCUT2D eigenvalue weighted by atomic mass is 10.0. The van der Waals surface area contributed by atoms with Gasteiger partial charge in [-0.15, -0.1) is 0 Å². The van der Waals surface area contributed by atoms with Crippen molar-refractivity contribution in [2.45, 2.75) is 25.6 Å². The second-order valence-corrected chi connectivity index (χ2v) is 5.44. The molecule has 1 unspecified atom stereocenters. The molecule has 0 radical (unpaired) electrons. The summed E-state index contributed by atoms with van der Waals surface area (Å²) >= 11 is 0.